The topological polar surface area (TPSA) is 72.5 Å². The fraction of sp³-hybridized carbons (Fsp3) is 0.286. The Labute approximate surface area is 153 Å². The van der Waals surface area contributed by atoms with E-state index in [1.807, 2.05) is 45.9 Å². The highest BCUT2D eigenvalue weighted by atomic mass is 16.5. The molecule has 2 aromatic rings. The maximum atomic E-state index is 12.1. The van der Waals surface area contributed by atoms with Gasteiger partial charge in [0.05, 0.1) is 0 Å². The first-order valence-corrected chi connectivity index (χ1v) is 8.39. The summed E-state index contributed by atoms with van der Waals surface area (Å²) in [6.45, 7) is 7.03. The maximum Gasteiger partial charge on any atom is 0.325 e. The average Bonchev–Trinajstić information content (AvgIpc) is 2.59. The number of ketones is 1. The van der Waals surface area contributed by atoms with Gasteiger partial charge in [0.2, 0.25) is 5.78 Å². The second-order valence-corrected chi connectivity index (χ2v) is 6.38. The molecular formula is C21H23NO4. The Hall–Kier alpha value is -2.95. The van der Waals surface area contributed by atoms with Crippen LogP contribution in [0.15, 0.2) is 36.4 Å². The third-order valence-electron chi connectivity index (χ3n) is 4.21. The van der Waals surface area contributed by atoms with Crippen molar-refractivity contribution >= 4 is 17.7 Å². The molecular weight excluding hydrogens is 330 g/mol. The van der Waals surface area contributed by atoms with Crippen LogP contribution in [-0.2, 0) is 9.53 Å². The molecule has 1 amide bonds. The zero-order valence-electron chi connectivity index (χ0n) is 15.5. The van der Waals surface area contributed by atoms with Crippen LogP contribution in [-0.4, -0.2) is 30.8 Å². The highest BCUT2D eigenvalue weighted by Crippen LogP contribution is 2.12. The van der Waals surface area contributed by atoms with Gasteiger partial charge in [0, 0.05) is 11.1 Å². The molecule has 0 spiro atoms. The molecule has 5 heteroatoms. The smallest absolute Gasteiger partial charge is 0.325 e. The van der Waals surface area contributed by atoms with Crippen LogP contribution in [0.1, 0.15) is 43.0 Å². The number of rotatable bonds is 6. The Morgan fingerprint density at radius 3 is 2.27 bits per heavy atom. The molecule has 0 aliphatic rings. The first-order chi connectivity index (χ1) is 12.3. The van der Waals surface area contributed by atoms with Crippen LogP contribution in [0.25, 0.3) is 0 Å². The summed E-state index contributed by atoms with van der Waals surface area (Å²) in [5, 5.41) is 2.50. The number of ether oxygens (including phenoxy) is 1. The minimum atomic E-state index is -0.653. The molecule has 0 atom stereocenters. The summed E-state index contributed by atoms with van der Waals surface area (Å²) in [5.74, 6) is -1.28. The highest BCUT2D eigenvalue weighted by Gasteiger charge is 2.14. The normalized spacial score (nSPS) is 10.3. The highest BCUT2D eigenvalue weighted by molar-refractivity contribution is 6.00. The van der Waals surface area contributed by atoms with E-state index in [1.54, 1.807) is 18.2 Å². The Morgan fingerprint density at radius 2 is 1.62 bits per heavy atom. The Balaban J connectivity index is 1.84. The third kappa shape index (κ3) is 5.02. The molecule has 2 rings (SSSR count). The van der Waals surface area contributed by atoms with Crippen LogP contribution in [0.4, 0.5) is 0 Å². The average molecular weight is 353 g/mol. The zero-order valence-corrected chi connectivity index (χ0v) is 15.5. The van der Waals surface area contributed by atoms with Crippen molar-refractivity contribution in [3.63, 3.8) is 0 Å². The molecule has 2 aromatic carbocycles. The minimum absolute atomic E-state index is 0.267. The molecule has 0 bridgehead atoms. The molecule has 0 heterocycles. The molecule has 0 saturated heterocycles. The third-order valence-corrected chi connectivity index (χ3v) is 4.21. The summed E-state index contributed by atoms with van der Waals surface area (Å²) >= 11 is 0. The number of esters is 1. The minimum Gasteiger partial charge on any atom is -0.456 e. The van der Waals surface area contributed by atoms with Gasteiger partial charge in [0.1, 0.15) is 6.54 Å². The van der Waals surface area contributed by atoms with E-state index < -0.39 is 5.97 Å². The van der Waals surface area contributed by atoms with Gasteiger partial charge in [-0.25, -0.2) is 0 Å². The maximum absolute atomic E-state index is 12.1. The molecule has 26 heavy (non-hydrogen) atoms. The summed E-state index contributed by atoms with van der Waals surface area (Å²) in [4.78, 5) is 36.0. The predicted octanol–water partition coefficient (Wildman–Crippen LogP) is 3.08. The number of carbonyl (C=O) groups is 3. The Bertz CT molecular complexity index is 855. The van der Waals surface area contributed by atoms with Gasteiger partial charge in [-0.3, -0.25) is 14.4 Å². The van der Waals surface area contributed by atoms with Gasteiger partial charge >= 0.3 is 5.97 Å². The molecule has 0 aliphatic carbocycles. The van der Waals surface area contributed by atoms with Crippen molar-refractivity contribution in [2.75, 3.05) is 13.2 Å². The quantitative estimate of drug-likeness (QED) is 0.640. The summed E-state index contributed by atoms with van der Waals surface area (Å²) in [7, 11) is 0. The number of benzene rings is 2. The van der Waals surface area contributed by atoms with E-state index in [0.29, 0.717) is 11.1 Å². The lowest BCUT2D eigenvalue weighted by atomic mass is 10.0. The number of aryl methyl sites for hydroxylation is 4. The number of amides is 1. The van der Waals surface area contributed by atoms with Gasteiger partial charge in [-0.15, -0.1) is 0 Å². The largest absolute Gasteiger partial charge is 0.456 e. The molecule has 0 aromatic heterocycles. The van der Waals surface area contributed by atoms with E-state index in [1.165, 1.54) is 0 Å². The molecule has 0 unspecified atom stereocenters. The van der Waals surface area contributed by atoms with E-state index in [-0.39, 0.29) is 24.8 Å². The SMILES string of the molecule is Cc1ccc(C(=O)COC(=O)CNC(=O)c2ccc(C)c(C)c2)c(C)c1. The second kappa shape index (κ2) is 8.43. The van der Waals surface area contributed by atoms with Crippen molar-refractivity contribution in [1.82, 2.24) is 5.32 Å². The van der Waals surface area contributed by atoms with Gasteiger partial charge in [-0.05, 0) is 56.5 Å². The van der Waals surface area contributed by atoms with E-state index >= 15 is 0 Å². The van der Waals surface area contributed by atoms with Gasteiger partial charge in [0.25, 0.3) is 5.91 Å². The van der Waals surface area contributed by atoms with Gasteiger partial charge < -0.3 is 10.1 Å². The fourth-order valence-electron chi connectivity index (χ4n) is 2.54. The van der Waals surface area contributed by atoms with Gasteiger partial charge in [0.15, 0.2) is 6.61 Å². The van der Waals surface area contributed by atoms with Crippen molar-refractivity contribution in [2.24, 2.45) is 0 Å². The predicted molar refractivity (Wildman–Crippen MR) is 99.5 cm³/mol. The molecule has 0 aliphatic heterocycles. The standard InChI is InChI=1S/C21H23NO4/c1-13-5-8-18(16(4)9-13)19(23)12-26-20(24)11-22-21(25)17-7-6-14(2)15(3)10-17/h5-10H,11-12H2,1-4H3,(H,22,25). The van der Waals surface area contributed by atoms with Gasteiger partial charge in [-0.2, -0.15) is 0 Å². The fourth-order valence-corrected chi connectivity index (χ4v) is 2.54. The summed E-state index contributed by atoms with van der Waals surface area (Å²) in [6, 6.07) is 10.8. The lowest BCUT2D eigenvalue weighted by molar-refractivity contribution is -0.141. The lowest BCUT2D eigenvalue weighted by Gasteiger charge is -2.09. The van der Waals surface area contributed by atoms with Crippen LogP contribution in [0, 0.1) is 27.7 Å². The van der Waals surface area contributed by atoms with Crippen molar-refractivity contribution in [3.8, 4) is 0 Å². The van der Waals surface area contributed by atoms with E-state index in [4.69, 9.17) is 4.74 Å². The van der Waals surface area contributed by atoms with Gasteiger partial charge in [-0.1, -0.05) is 29.8 Å². The van der Waals surface area contributed by atoms with E-state index in [2.05, 4.69) is 5.32 Å². The number of hydrogen-bond donors (Lipinski definition) is 1. The van der Waals surface area contributed by atoms with E-state index in [9.17, 15) is 14.4 Å². The zero-order chi connectivity index (χ0) is 19.3. The van der Waals surface area contributed by atoms with Crippen molar-refractivity contribution < 1.29 is 19.1 Å². The molecule has 1 N–H and O–H groups in total. The summed E-state index contributed by atoms with van der Waals surface area (Å²) in [5.41, 5.74) is 5.00. The van der Waals surface area contributed by atoms with Crippen LogP contribution < -0.4 is 5.32 Å². The van der Waals surface area contributed by atoms with Crippen LogP contribution in [0.2, 0.25) is 0 Å². The lowest BCUT2D eigenvalue weighted by Crippen LogP contribution is -2.31. The molecule has 0 fully saturated rings. The number of Topliss-reactive ketones (excluding diaryl/α,β-unsaturated/α-hetero) is 1. The van der Waals surface area contributed by atoms with Crippen LogP contribution in [0.3, 0.4) is 0 Å². The Kier molecular flexibility index (Phi) is 6.28. The number of carbonyl (C=O) groups excluding carboxylic acids is 3. The number of hydrogen-bond acceptors (Lipinski definition) is 4. The summed E-state index contributed by atoms with van der Waals surface area (Å²) < 4.78 is 4.97. The van der Waals surface area contributed by atoms with Crippen molar-refractivity contribution in [3.05, 3.63) is 69.8 Å². The molecule has 0 radical (unpaired) electrons. The first-order valence-electron chi connectivity index (χ1n) is 8.39. The first kappa shape index (κ1) is 19.4. The van der Waals surface area contributed by atoms with Crippen molar-refractivity contribution in [2.45, 2.75) is 27.7 Å². The van der Waals surface area contributed by atoms with Crippen LogP contribution >= 0.6 is 0 Å². The molecule has 0 saturated carbocycles. The molecule has 136 valence electrons. The number of nitrogens with one attached hydrogen (secondary N) is 1. The Morgan fingerprint density at radius 1 is 0.885 bits per heavy atom. The monoisotopic (exact) mass is 353 g/mol. The van der Waals surface area contributed by atoms with E-state index in [0.717, 1.165) is 22.3 Å². The second-order valence-electron chi connectivity index (χ2n) is 6.38. The van der Waals surface area contributed by atoms with Crippen molar-refractivity contribution in [1.29, 1.82) is 0 Å². The molecule has 5 nitrogen and oxygen atoms in total. The van der Waals surface area contributed by atoms with Crippen LogP contribution in [0.5, 0.6) is 0 Å². The summed E-state index contributed by atoms with van der Waals surface area (Å²) in [6.07, 6.45) is 0.